The summed E-state index contributed by atoms with van der Waals surface area (Å²) in [6.45, 7) is 4.07. The highest BCUT2D eigenvalue weighted by Crippen LogP contribution is 2.22. The van der Waals surface area contributed by atoms with Crippen LogP contribution in [0.3, 0.4) is 0 Å². The molecule has 1 rings (SSSR count). The van der Waals surface area contributed by atoms with E-state index < -0.39 is 10.0 Å². The van der Waals surface area contributed by atoms with Gasteiger partial charge in [0.15, 0.2) is 0 Å². The quantitative estimate of drug-likeness (QED) is 0.794. The summed E-state index contributed by atoms with van der Waals surface area (Å²) in [4.78, 5) is 11.9. The van der Waals surface area contributed by atoms with Crippen LogP contribution >= 0.6 is 0 Å². The maximum atomic E-state index is 11.9. The Bertz CT molecular complexity index is 599. The normalized spacial score (nSPS) is 12.8. The molecule has 21 heavy (non-hydrogen) atoms. The minimum Gasteiger partial charge on any atom is -0.496 e. The number of hydrogen-bond acceptors (Lipinski definition) is 4. The van der Waals surface area contributed by atoms with Crippen molar-refractivity contribution in [2.75, 3.05) is 7.11 Å². The molecule has 7 heteroatoms. The molecule has 1 aromatic rings. The SMILES string of the molecule is CCCC(C)C(=O)NCc1cc(S(N)(=O)=O)ccc1OC. The van der Waals surface area contributed by atoms with Gasteiger partial charge in [0.1, 0.15) is 5.75 Å². The van der Waals surface area contributed by atoms with Crippen molar-refractivity contribution < 1.29 is 17.9 Å². The molecule has 1 aromatic carbocycles. The Hall–Kier alpha value is -1.60. The summed E-state index contributed by atoms with van der Waals surface area (Å²) in [6, 6.07) is 4.31. The number of sulfonamides is 1. The third-order valence-electron chi connectivity index (χ3n) is 3.20. The van der Waals surface area contributed by atoms with Gasteiger partial charge >= 0.3 is 0 Å². The number of hydrogen-bond donors (Lipinski definition) is 2. The second-order valence-corrected chi connectivity index (χ2v) is 6.49. The first-order valence-electron chi connectivity index (χ1n) is 6.77. The molecule has 0 aromatic heterocycles. The Morgan fingerprint density at radius 2 is 2.10 bits per heavy atom. The third-order valence-corrected chi connectivity index (χ3v) is 4.11. The number of methoxy groups -OCH3 is 1. The molecule has 0 fully saturated rings. The second-order valence-electron chi connectivity index (χ2n) is 4.93. The number of ether oxygens (including phenoxy) is 1. The molecule has 0 radical (unpaired) electrons. The van der Waals surface area contributed by atoms with Crippen LogP contribution in [-0.2, 0) is 21.4 Å². The lowest BCUT2D eigenvalue weighted by Crippen LogP contribution is -2.29. The van der Waals surface area contributed by atoms with Crippen molar-refractivity contribution in [2.24, 2.45) is 11.1 Å². The summed E-state index contributed by atoms with van der Waals surface area (Å²) in [5.74, 6) is 0.355. The monoisotopic (exact) mass is 314 g/mol. The standard InChI is InChI=1S/C14H22N2O4S/c1-4-5-10(2)14(17)16-9-11-8-12(21(15,18)19)6-7-13(11)20-3/h6-8,10H,4-5,9H2,1-3H3,(H,16,17)(H2,15,18,19). The Morgan fingerprint density at radius 1 is 1.43 bits per heavy atom. The van der Waals surface area contributed by atoms with Gasteiger partial charge in [0.25, 0.3) is 0 Å². The molecule has 1 amide bonds. The predicted octanol–water partition coefficient (Wildman–Crippen LogP) is 1.40. The van der Waals surface area contributed by atoms with Gasteiger partial charge in [0, 0.05) is 18.0 Å². The van der Waals surface area contributed by atoms with Crippen molar-refractivity contribution in [3.63, 3.8) is 0 Å². The highest BCUT2D eigenvalue weighted by Gasteiger charge is 2.15. The lowest BCUT2D eigenvalue weighted by atomic mass is 10.1. The van der Waals surface area contributed by atoms with Crippen LogP contribution in [0.5, 0.6) is 5.75 Å². The molecule has 1 atom stereocenters. The van der Waals surface area contributed by atoms with E-state index in [4.69, 9.17) is 9.88 Å². The largest absolute Gasteiger partial charge is 0.496 e. The first kappa shape index (κ1) is 17.5. The van der Waals surface area contributed by atoms with Gasteiger partial charge in [-0.25, -0.2) is 13.6 Å². The summed E-state index contributed by atoms with van der Waals surface area (Å²) < 4.78 is 27.9. The molecular formula is C14H22N2O4S. The number of rotatable bonds is 7. The highest BCUT2D eigenvalue weighted by atomic mass is 32.2. The Morgan fingerprint density at radius 3 is 2.62 bits per heavy atom. The Balaban J connectivity index is 2.89. The fourth-order valence-corrected chi connectivity index (χ4v) is 2.56. The van der Waals surface area contributed by atoms with Gasteiger partial charge in [-0.05, 0) is 24.6 Å². The summed E-state index contributed by atoms with van der Waals surface area (Å²) in [5, 5.41) is 7.89. The lowest BCUT2D eigenvalue weighted by Gasteiger charge is -2.14. The average Bonchev–Trinajstić information content (AvgIpc) is 2.43. The number of primary sulfonamides is 1. The van der Waals surface area contributed by atoms with Gasteiger partial charge in [-0.3, -0.25) is 4.79 Å². The first-order valence-corrected chi connectivity index (χ1v) is 8.31. The molecule has 0 aliphatic carbocycles. The van der Waals surface area contributed by atoms with Crippen molar-refractivity contribution in [1.29, 1.82) is 0 Å². The van der Waals surface area contributed by atoms with Gasteiger partial charge in [-0.2, -0.15) is 0 Å². The zero-order chi connectivity index (χ0) is 16.0. The molecule has 0 saturated heterocycles. The highest BCUT2D eigenvalue weighted by molar-refractivity contribution is 7.89. The van der Waals surface area contributed by atoms with Gasteiger partial charge in [0.2, 0.25) is 15.9 Å². The van der Waals surface area contributed by atoms with Gasteiger partial charge in [-0.15, -0.1) is 0 Å². The fraction of sp³-hybridized carbons (Fsp3) is 0.500. The van der Waals surface area contributed by atoms with Crippen LogP contribution in [0.2, 0.25) is 0 Å². The molecule has 0 aliphatic heterocycles. The van der Waals surface area contributed by atoms with Crippen molar-refractivity contribution in [3.8, 4) is 5.75 Å². The Kier molecular flexibility index (Phi) is 6.17. The van der Waals surface area contributed by atoms with Crippen molar-refractivity contribution in [3.05, 3.63) is 23.8 Å². The average molecular weight is 314 g/mol. The smallest absolute Gasteiger partial charge is 0.238 e. The van der Waals surface area contributed by atoms with Crippen molar-refractivity contribution in [1.82, 2.24) is 5.32 Å². The zero-order valence-corrected chi connectivity index (χ0v) is 13.4. The molecule has 0 saturated carbocycles. The number of amides is 1. The minimum absolute atomic E-state index is 0.00541. The van der Waals surface area contributed by atoms with Crippen LogP contribution in [-0.4, -0.2) is 21.4 Å². The zero-order valence-electron chi connectivity index (χ0n) is 12.5. The minimum atomic E-state index is -3.78. The van der Waals surface area contributed by atoms with E-state index in [1.54, 1.807) is 0 Å². The number of nitrogens with one attached hydrogen (secondary N) is 1. The molecule has 0 bridgehead atoms. The van der Waals surface area contributed by atoms with Crippen LogP contribution < -0.4 is 15.2 Å². The van der Waals surface area contributed by atoms with E-state index >= 15 is 0 Å². The Labute approximate surface area is 125 Å². The van der Waals surface area contributed by atoms with Crippen LogP contribution in [0.4, 0.5) is 0 Å². The lowest BCUT2D eigenvalue weighted by molar-refractivity contribution is -0.124. The van der Waals surface area contributed by atoms with E-state index in [-0.39, 0.29) is 23.3 Å². The van der Waals surface area contributed by atoms with E-state index in [1.807, 2.05) is 13.8 Å². The van der Waals surface area contributed by atoms with E-state index in [1.165, 1.54) is 25.3 Å². The predicted molar refractivity (Wildman–Crippen MR) is 80.3 cm³/mol. The van der Waals surface area contributed by atoms with Crippen LogP contribution in [0.25, 0.3) is 0 Å². The second kappa shape index (κ2) is 7.42. The van der Waals surface area contributed by atoms with Crippen LogP contribution in [0.15, 0.2) is 23.1 Å². The van der Waals surface area contributed by atoms with Crippen LogP contribution in [0.1, 0.15) is 32.3 Å². The molecule has 6 nitrogen and oxygen atoms in total. The molecular weight excluding hydrogens is 292 g/mol. The molecule has 118 valence electrons. The number of carbonyl (C=O) groups excluding carboxylic acids is 1. The molecule has 0 heterocycles. The van der Waals surface area contributed by atoms with Gasteiger partial charge in [0.05, 0.1) is 12.0 Å². The number of carbonyl (C=O) groups is 1. The molecule has 3 N–H and O–H groups in total. The summed E-state index contributed by atoms with van der Waals surface area (Å²) >= 11 is 0. The summed E-state index contributed by atoms with van der Waals surface area (Å²) in [6.07, 6.45) is 1.74. The number of benzene rings is 1. The summed E-state index contributed by atoms with van der Waals surface area (Å²) in [7, 11) is -2.30. The number of nitrogens with two attached hydrogens (primary N) is 1. The first-order chi connectivity index (χ1) is 9.79. The molecule has 1 unspecified atom stereocenters. The topological polar surface area (TPSA) is 98.5 Å². The maximum Gasteiger partial charge on any atom is 0.238 e. The van der Waals surface area contributed by atoms with Crippen LogP contribution in [0, 0.1) is 5.92 Å². The fourth-order valence-electron chi connectivity index (χ4n) is 1.99. The van der Waals surface area contributed by atoms with E-state index in [9.17, 15) is 13.2 Å². The molecule has 0 aliphatic rings. The maximum absolute atomic E-state index is 11.9. The van der Waals surface area contributed by atoms with Crippen molar-refractivity contribution in [2.45, 2.75) is 38.1 Å². The summed E-state index contributed by atoms with van der Waals surface area (Å²) in [5.41, 5.74) is 0.570. The van der Waals surface area contributed by atoms with E-state index in [0.717, 1.165) is 12.8 Å². The molecule has 0 spiro atoms. The van der Waals surface area contributed by atoms with E-state index in [2.05, 4.69) is 5.32 Å². The van der Waals surface area contributed by atoms with Gasteiger partial charge in [-0.1, -0.05) is 20.3 Å². The van der Waals surface area contributed by atoms with Gasteiger partial charge < -0.3 is 10.1 Å². The van der Waals surface area contributed by atoms with E-state index in [0.29, 0.717) is 11.3 Å². The van der Waals surface area contributed by atoms with Crippen molar-refractivity contribution >= 4 is 15.9 Å². The third kappa shape index (κ3) is 5.02.